The maximum Gasteiger partial charge on any atom is 0.433 e. The van der Waals surface area contributed by atoms with Gasteiger partial charge in [0.1, 0.15) is 11.5 Å². The van der Waals surface area contributed by atoms with E-state index in [0.29, 0.717) is 24.5 Å². The number of alkyl halides is 3. The molecule has 9 heteroatoms. The molecule has 2 aliphatic heterocycles. The van der Waals surface area contributed by atoms with Gasteiger partial charge in [-0.3, -0.25) is 10.2 Å². The van der Waals surface area contributed by atoms with E-state index in [1.54, 1.807) is 50.1 Å². The Balaban J connectivity index is 2.11. The van der Waals surface area contributed by atoms with Gasteiger partial charge in [0, 0.05) is 36.3 Å². The van der Waals surface area contributed by atoms with Crippen LogP contribution in [0.2, 0.25) is 0 Å². The molecule has 168 valence electrons. The van der Waals surface area contributed by atoms with Crippen LogP contribution in [0.4, 0.5) is 13.2 Å². The lowest BCUT2D eigenvalue weighted by Gasteiger charge is -2.31. The van der Waals surface area contributed by atoms with Gasteiger partial charge in [0.2, 0.25) is 0 Å². The van der Waals surface area contributed by atoms with Crippen molar-refractivity contribution in [1.29, 1.82) is 5.41 Å². The number of rotatable bonds is 6. The molecule has 1 amide bonds. The molecule has 1 aromatic carbocycles. The first kappa shape index (κ1) is 22.7. The number of hydrogen-bond donors (Lipinski definition) is 3. The number of nitrogens with one attached hydrogen (secondary N) is 3. The van der Waals surface area contributed by atoms with E-state index in [4.69, 9.17) is 10.1 Å². The van der Waals surface area contributed by atoms with Crippen LogP contribution in [0.5, 0.6) is 5.75 Å². The molecule has 3 N–H and O–H groups in total. The van der Waals surface area contributed by atoms with Gasteiger partial charge in [0.25, 0.3) is 5.91 Å². The lowest BCUT2D eigenvalue weighted by molar-refractivity contribution is -0.125. The monoisotopic (exact) mass is 436 g/mol. The quantitative estimate of drug-likeness (QED) is 0.598. The summed E-state index contributed by atoms with van der Waals surface area (Å²) in [6.07, 6.45) is -4.84. The van der Waals surface area contributed by atoms with Crippen molar-refractivity contribution in [3.8, 4) is 5.75 Å². The second-order valence-electron chi connectivity index (χ2n) is 8.23. The number of halogens is 3. The molecule has 0 unspecified atom stereocenters. The normalized spacial score (nSPS) is 18.5. The van der Waals surface area contributed by atoms with Crippen LogP contribution in [0, 0.1) is 10.8 Å². The average molecular weight is 436 g/mol. The molecule has 0 saturated carbocycles. The summed E-state index contributed by atoms with van der Waals surface area (Å²) in [6, 6.07) is 7.11. The summed E-state index contributed by atoms with van der Waals surface area (Å²) in [5.74, 6) is 0.323. The van der Waals surface area contributed by atoms with E-state index >= 15 is 0 Å². The number of benzene rings is 1. The third-order valence-corrected chi connectivity index (χ3v) is 5.62. The zero-order valence-electron chi connectivity index (χ0n) is 18.0. The summed E-state index contributed by atoms with van der Waals surface area (Å²) < 4.78 is 46.2. The minimum absolute atomic E-state index is 0.0732. The van der Waals surface area contributed by atoms with Gasteiger partial charge < -0.3 is 20.3 Å². The summed E-state index contributed by atoms with van der Waals surface area (Å²) in [6.45, 7) is 6.24. The fourth-order valence-corrected chi connectivity index (χ4v) is 3.88. The number of nitrogens with zero attached hydrogens (tertiary/aromatic N) is 1. The van der Waals surface area contributed by atoms with Crippen molar-refractivity contribution in [2.75, 3.05) is 26.7 Å². The molecule has 0 fully saturated rings. The lowest BCUT2D eigenvalue weighted by Crippen LogP contribution is -2.40. The molecular weight excluding hydrogens is 409 g/mol. The van der Waals surface area contributed by atoms with Gasteiger partial charge in [0.05, 0.1) is 24.9 Å². The average Bonchev–Trinajstić information content (AvgIpc) is 2.98. The standard InChI is InChI=1S/C22H27F3N4O2/c1-5-29-11-15-16(20(29)30)18(27-10-13-6-8-14(31-4)9-7-13)17(19(26)22(23,24)25)21(2,3)12-28-15/h6-9,26-28H,5,10-12H2,1-4H3. The minimum Gasteiger partial charge on any atom is -0.497 e. The van der Waals surface area contributed by atoms with Crippen LogP contribution in [0.1, 0.15) is 26.3 Å². The largest absolute Gasteiger partial charge is 0.497 e. The molecule has 2 aliphatic rings. The van der Waals surface area contributed by atoms with Crippen LogP contribution in [0.15, 0.2) is 46.8 Å². The zero-order valence-corrected chi connectivity index (χ0v) is 18.0. The van der Waals surface area contributed by atoms with Crippen LogP contribution < -0.4 is 15.4 Å². The van der Waals surface area contributed by atoms with Gasteiger partial charge in [-0.25, -0.2) is 0 Å². The van der Waals surface area contributed by atoms with Gasteiger partial charge in [-0.1, -0.05) is 26.0 Å². The first-order chi connectivity index (χ1) is 14.5. The first-order valence-electron chi connectivity index (χ1n) is 10.0. The van der Waals surface area contributed by atoms with E-state index in [1.165, 1.54) is 0 Å². The van der Waals surface area contributed by atoms with E-state index in [2.05, 4.69) is 10.6 Å². The number of likely N-dealkylation sites (N-methyl/N-ethyl adjacent to an activating group) is 1. The highest BCUT2D eigenvalue weighted by molar-refractivity contribution is 6.08. The van der Waals surface area contributed by atoms with Crippen molar-refractivity contribution in [2.45, 2.75) is 33.5 Å². The predicted octanol–water partition coefficient (Wildman–Crippen LogP) is 3.37. The van der Waals surface area contributed by atoms with Crippen molar-refractivity contribution in [2.24, 2.45) is 5.41 Å². The first-order valence-corrected chi connectivity index (χ1v) is 10.0. The van der Waals surface area contributed by atoms with Crippen LogP contribution in [-0.4, -0.2) is 49.4 Å². The van der Waals surface area contributed by atoms with E-state index in [0.717, 1.165) is 5.56 Å². The molecule has 2 heterocycles. The van der Waals surface area contributed by atoms with Crippen molar-refractivity contribution in [3.63, 3.8) is 0 Å². The Morgan fingerprint density at radius 2 is 1.94 bits per heavy atom. The molecule has 1 aromatic rings. The summed E-state index contributed by atoms with van der Waals surface area (Å²) >= 11 is 0. The molecular formula is C22H27F3N4O2. The summed E-state index contributed by atoms with van der Waals surface area (Å²) in [5, 5.41) is 14.2. The Morgan fingerprint density at radius 3 is 2.48 bits per heavy atom. The highest BCUT2D eigenvalue weighted by Gasteiger charge is 2.47. The van der Waals surface area contributed by atoms with Crippen molar-refractivity contribution in [3.05, 3.63) is 52.4 Å². The Hall–Kier alpha value is -2.97. The van der Waals surface area contributed by atoms with Gasteiger partial charge in [-0.05, 0) is 24.6 Å². The molecule has 6 nitrogen and oxygen atoms in total. The number of hydrogen-bond acceptors (Lipinski definition) is 5. The molecule has 3 rings (SSSR count). The summed E-state index contributed by atoms with van der Waals surface area (Å²) in [5.41, 5.74) is -1.03. The predicted molar refractivity (Wildman–Crippen MR) is 112 cm³/mol. The van der Waals surface area contributed by atoms with Crippen LogP contribution in [0.25, 0.3) is 0 Å². The van der Waals surface area contributed by atoms with Crippen LogP contribution >= 0.6 is 0 Å². The second kappa shape index (κ2) is 8.28. The van der Waals surface area contributed by atoms with E-state index in [9.17, 15) is 18.0 Å². The third kappa shape index (κ3) is 4.40. The lowest BCUT2D eigenvalue weighted by atomic mass is 9.79. The van der Waals surface area contributed by atoms with E-state index < -0.39 is 17.3 Å². The maximum absolute atomic E-state index is 13.7. The summed E-state index contributed by atoms with van der Waals surface area (Å²) in [4.78, 5) is 14.6. The maximum atomic E-state index is 13.7. The highest BCUT2D eigenvalue weighted by Crippen LogP contribution is 2.40. The van der Waals surface area contributed by atoms with E-state index in [-0.39, 0.29) is 35.8 Å². The van der Waals surface area contributed by atoms with Crippen LogP contribution in [0.3, 0.4) is 0 Å². The highest BCUT2D eigenvalue weighted by atomic mass is 19.4. The zero-order chi connectivity index (χ0) is 23.0. The van der Waals surface area contributed by atoms with Crippen LogP contribution in [-0.2, 0) is 11.3 Å². The fraction of sp³-hybridized carbons (Fsp3) is 0.455. The topological polar surface area (TPSA) is 77.5 Å². The van der Waals surface area contributed by atoms with Gasteiger partial charge >= 0.3 is 6.18 Å². The number of methoxy groups -OCH3 is 1. The van der Waals surface area contributed by atoms with Crippen molar-refractivity contribution in [1.82, 2.24) is 15.5 Å². The Morgan fingerprint density at radius 1 is 1.29 bits per heavy atom. The molecule has 31 heavy (non-hydrogen) atoms. The second-order valence-corrected chi connectivity index (χ2v) is 8.23. The molecule has 0 bridgehead atoms. The molecule has 0 saturated heterocycles. The smallest absolute Gasteiger partial charge is 0.433 e. The Labute approximate surface area is 179 Å². The molecule has 0 atom stereocenters. The SMILES string of the molecule is CCN1CC2=C(C1=O)C(NCc1ccc(OC)cc1)=C(C(=N)C(F)(F)F)C(C)(C)CN2. The van der Waals surface area contributed by atoms with Gasteiger partial charge in [0.15, 0.2) is 0 Å². The van der Waals surface area contributed by atoms with Crippen molar-refractivity contribution < 1.29 is 22.7 Å². The fourth-order valence-electron chi connectivity index (χ4n) is 3.88. The number of carbonyl (C=O) groups excluding carboxylic acids is 1. The summed E-state index contributed by atoms with van der Waals surface area (Å²) in [7, 11) is 1.55. The Bertz CT molecular complexity index is 946. The molecule has 0 aliphatic carbocycles. The molecule has 0 spiro atoms. The van der Waals surface area contributed by atoms with E-state index in [1.807, 2.05) is 6.92 Å². The van der Waals surface area contributed by atoms with Gasteiger partial charge in [-0.2, -0.15) is 13.2 Å². The number of ether oxygens (including phenoxy) is 1. The number of carbonyl (C=O) groups is 1. The van der Waals surface area contributed by atoms with Gasteiger partial charge in [-0.15, -0.1) is 0 Å². The number of amides is 1. The molecule has 0 radical (unpaired) electrons. The Kier molecular flexibility index (Phi) is 6.07. The minimum atomic E-state index is -4.84. The molecule has 0 aromatic heterocycles. The third-order valence-electron chi connectivity index (χ3n) is 5.62. The van der Waals surface area contributed by atoms with Crippen molar-refractivity contribution >= 4 is 11.6 Å².